The van der Waals surface area contributed by atoms with Gasteiger partial charge in [-0.15, -0.1) is 0 Å². The Morgan fingerprint density at radius 2 is 1.11 bits per heavy atom. The summed E-state index contributed by atoms with van der Waals surface area (Å²) in [6.07, 6.45) is 0. The third kappa shape index (κ3) is 4.75. The number of hydrogen-bond donors (Lipinski definition) is 0. The van der Waals surface area contributed by atoms with Gasteiger partial charge in [-0.25, -0.2) is 0 Å². The van der Waals surface area contributed by atoms with Gasteiger partial charge in [0.15, 0.2) is 0 Å². The van der Waals surface area contributed by atoms with E-state index < -0.39 is 0 Å². The molecule has 0 aromatic heterocycles. The van der Waals surface area contributed by atoms with E-state index in [0.717, 1.165) is 0 Å². The van der Waals surface area contributed by atoms with E-state index >= 15 is 0 Å². The highest BCUT2D eigenvalue weighted by molar-refractivity contribution is 5.67. The van der Waals surface area contributed by atoms with Gasteiger partial charge in [-0.3, -0.25) is 0 Å². The predicted molar refractivity (Wildman–Crippen MR) is 84.0 cm³/mol. The zero-order valence-electron chi connectivity index (χ0n) is 12.6. The van der Waals surface area contributed by atoms with Gasteiger partial charge in [0.1, 0.15) is 0 Å². The molecule has 0 radical (unpaired) electrons. The normalized spacial score (nSPS) is 8.56. The van der Waals surface area contributed by atoms with E-state index in [9.17, 15) is 0 Å². The Kier molecular flexibility index (Phi) is 8.65. The Labute approximate surface area is 113 Å². The highest BCUT2D eigenvalue weighted by atomic mass is 14.0. The lowest BCUT2D eigenvalue weighted by Gasteiger charge is -2.05. The maximum atomic E-state index is 2.18. The van der Waals surface area contributed by atoms with Crippen LogP contribution in [-0.4, -0.2) is 0 Å². The van der Waals surface area contributed by atoms with Crippen LogP contribution in [0.2, 0.25) is 0 Å². The minimum Gasteiger partial charge on any atom is -0.0683 e. The van der Waals surface area contributed by atoms with Gasteiger partial charge in [-0.1, -0.05) is 81.8 Å². The van der Waals surface area contributed by atoms with Gasteiger partial charge >= 0.3 is 0 Å². The van der Waals surface area contributed by atoms with Gasteiger partial charge < -0.3 is 0 Å². The van der Waals surface area contributed by atoms with E-state index in [1.54, 1.807) is 0 Å². The van der Waals surface area contributed by atoms with Crippen LogP contribution in [-0.2, 0) is 0 Å². The molecule has 18 heavy (non-hydrogen) atoms. The van der Waals surface area contributed by atoms with Crippen LogP contribution >= 0.6 is 0 Å². The maximum absolute atomic E-state index is 2.18. The molecular weight excluding hydrogens is 216 g/mol. The van der Waals surface area contributed by atoms with Gasteiger partial charge in [0.05, 0.1) is 0 Å². The summed E-state index contributed by atoms with van der Waals surface area (Å²) in [7, 11) is 0. The highest BCUT2D eigenvalue weighted by Gasteiger charge is 1.98. The first-order valence-electron chi connectivity index (χ1n) is 6.90. The van der Waals surface area contributed by atoms with E-state index in [1.807, 2.05) is 27.7 Å². The average Bonchev–Trinajstić information content (AvgIpc) is 2.45. The molecule has 98 valence electrons. The number of rotatable bonds is 1. The molecule has 0 heterocycles. The number of aryl methyl sites for hydroxylation is 2. The molecule has 0 aliphatic carbocycles. The maximum Gasteiger partial charge on any atom is -0.0155 e. The fourth-order valence-corrected chi connectivity index (χ4v) is 1.63. The second-order valence-corrected chi connectivity index (χ2v) is 3.68. The molecule has 0 N–H and O–H groups in total. The van der Waals surface area contributed by atoms with Crippen LogP contribution in [0.15, 0.2) is 48.5 Å². The molecule has 0 heteroatoms. The minimum absolute atomic E-state index is 1.30. The zero-order chi connectivity index (χ0) is 14.0. The van der Waals surface area contributed by atoms with Crippen LogP contribution in [0.5, 0.6) is 0 Å². The Balaban J connectivity index is 0.000000659. The molecule has 0 saturated heterocycles. The Bertz CT molecular complexity index is 424. The molecule has 0 amide bonds. The van der Waals surface area contributed by atoms with Gasteiger partial charge in [0, 0.05) is 0 Å². The molecule has 2 aromatic rings. The van der Waals surface area contributed by atoms with Crippen molar-refractivity contribution >= 4 is 0 Å². The van der Waals surface area contributed by atoms with Crippen molar-refractivity contribution in [1.82, 2.24) is 0 Å². The number of benzene rings is 2. The van der Waals surface area contributed by atoms with Crippen molar-refractivity contribution in [3.63, 3.8) is 0 Å². The minimum atomic E-state index is 1.30. The van der Waals surface area contributed by atoms with Crippen LogP contribution in [0.1, 0.15) is 38.8 Å². The number of hydrogen-bond acceptors (Lipinski definition) is 0. The topological polar surface area (TPSA) is 0 Å². The summed E-state index contributed by atoms with van der Waals surface area (Å²) in [5, 5.41) is 0. The summed E-state index contributed by atoms with van der Waals surface area (Å²) in [4.78, 5) is 0. The third-order valence-electron chi connectivity index (χ3n) is 2.51. The molecule has 0 fully saturated rings. The lowest BCUT2D eigenvalue weighted by atomic mass is 10.00. The largest absolute Gasteiger partial charge is 0.0683 e. The molecule has 0 spiro atoms. The smallest absolute Gasteiger partial charge is 0.0155 e. The lowest BCUT2D eigenvalue weighted by molar-refractivity contribution is 1.43. The summed E-state index contributed by atoms with van der Waals surface area (Å²) >= 11 is 0. The molecule has 0 aliphatic heterocycles. The van der Waals surface area contributed by atoms with E-state index in [4.69, 9.17) is 0 Å². The van der Waals surface area contributed by atoms with Gasteiger partial charge in [-0.2, -0.15) is 0 Å². The summed E-state index contributed by atoms with van der Waals surface area (Å²) < 4.78 is 0. The average molecular weight is 242 g/mol. The fourth-order valence-electron chi connectivity index (χ4n) is 1.63. The van der Waals surface area contributed by atoms with Crippen LogP contribution in [0.3, 0.4) is 0 Å². The Hall–Kier alpha value is -1.56. The van der Waals surface area contributed by atoms with Crippen LogP contribution in [0, 0.1) is 13.8 Å². The van der Waals surface area contributed by atoms with Crippen molar-refractivity contribution in [3.05, 3.63) is 59.7 Å². The van der Waals surface area contributed by atoms with Gasteiger partial charge in [0.2, 0.25) is 0 Å². The highest BCUT2D eigenvalue weighted by Crippen LogP contribution is 2.22. The van der Waals surface area contributed by atoms with Crippen LogP contribution in [0.4, 0.5) is 0 Å². The second-order valence-electron chi connectivity index (χ2n) is 3.68. The standard InChI is InChI=1S/C14H14.2C2H6/c1-11-7-9-13(10-8-11)14-6-4-3-5-12(14)2;2*1-2/h3-10H,1-2H3;2*1-2H3. The molecule has 0 unspecified atom stereocenters. The molecule has 2 rings (SSSR count). The summed E-state index contributed by atoms with van der Waals surface area (Å²) in [5.74, 6) is 0. The molecule has 0 nitrogen and oxygen atoms in total. The van der Waals surface area contributed by atoms with Crippen molar-refractivity contribution in [2.45, 2.75) is 41.5 Å². The molecule has 0 aliphatic rings. The first kappa shape index (κ1) is 16.4. The van der Waals surface area contributed by atoms with Crippen molar-refractivity contribution in [2.75, 3.05) is 0 Å². The molecule has 2 aromatic carbocycles. The van der Waals surface area contributed by atoms with E-state index in [-0.39, 0.29) is 0 Å². The van der Waals surface area contributed by atoms with Gasteiger partial charge in [0.25, 0.3) is 0 Å². The first-order chi connectivity index (χ1) is 8.77. The van der Waals surface area contributed by atoms with Crippen molar-refractivity contribution in [1.29, 1.82) is 0 Å². The second kappa shape index (κ2) is 9.47. The summed E-state index contributed by atoms with van der Waals surface area (Å²) in [6.45, 7) is 12.3. The van der Waals surface area contributed by atoms with E-state index in [2.05, 4.69) is 62.4 Å². The van der Waals surface area contributed by atoms with Gasteiger partial charge in [-0.05, 0) is 30.5 Å². The summed E-state index contributed by atoms with van der Waals surface area (Å²) in [6, 6.07) is 17.1. The molecule has 0 bridgehead atoms. The molecule has 0 saturated carbocycles. The third-order valence-corrected chi connectivity index (χ3v) is 2.51. The first-order valence-corrected chi connectivity index (χ1v) is 6.90. The monoisotopic (exact) mass is 242 g/mol. The predicted octanol–water partition coefficient (Wildman–Crippen LogP) is 6.02. The molecule has 0 atom stereocenters. The van der Waals surface area contributed by atoms with Crippen molar-refractivity contribution in [2.24, 2.45) is 0 Å². The summed E-state index contributed by atoms with van der Waals surface area (Å²) in [5.41, 5.74) is 5.26. The van der Waals surface area contributed by atoms with E-state index in [1.165, 1.54) is 22.3 Å². The Morgan fingerprint density at radius 1 is 0.611 bits per heavy atom. The van der Waals surface area contributed by atoms with Crippen LogP contribution < -0.4 is 0 Å². The SMILES string of the molecule is CC.CC.Cc1ccc(-c2ccccc2C)cc1. The quantitative estimate of drug-likeness (QED) is 0.573. The molecular formula is C18H26. The van der Waals surface area contributed by atoms with E-state index in [0.29, 0.717) is 0 Å². The van der Waals surface area contributed by atoms with Crippen molar-refractivity contribution < 1.29 is 0 Å². The van der Waals surface area contributed by atoms with Crippen LogP contribution in [0.25, 0.3) is 11.1 Å². The Morgan fingerprint density at radius 3 is 1.61 bits per heavy atom. The lowest BCUT2D eigenvalue weighted by Crippen LogP contribution is -1.82. The fraction of sp³-hybridized carbons (Fsp3) is 0.333. The van der Waals surface area contributed by atoms with Crippen molar-refractivity contribution in [3.8, 4) is 11.1 Å². The zero-order valence-corrected chi connectivity index (χ0v) is 12.6.